The first kappa shape index (κ1) is 20.9. The third kappa shape index (κ3) is 3.83. The number of sulfonamides is 1. The smallest absolute Gasteiger partial charge is 0.283 e. The highest BCUT2D eigenvalue weighted by molar-refractivity contribution is 7.90. The number of nitrogens with zero attached hydrogens (tertiary/aromatic N) is 1. The summed E-state index contributed by atoms with van der Waals surface area (Å²) in [4.78, 5) is 39.1. The van der Waals surface area contributed by atoms with Gasteiger partial charge in [-0.05, 0) is 25.1 Å². The zero-order valence-electron chi connectivity index (χ0n) is 15.4. The Morgan fingerprint density at radius 2 is 1.67 bits per heavy atom. The molecule has 30 heavy (non-hydrogen) atoms. The van der Waals surface area contributed by atoms with Gasteiger partial charge in [-0.1, -0.05) is 24.3 Å². The van der Waals surface area contributed by atoms with Gasteiger partial charge in [0.2, 0.25) is 0 Å². The number of aromatic hydroxyl groups is 1. The van der Waals surface area contributed by atoms with Crippen LogP contribution in [0, 0.1) is 0 Å². The number of fused-ring (bicyclic) bond motifs is 1. The molecule has 0 fully saturated rings. The molecule has 0 saturated carbocycles. The van der Waals surface area contributed by atoms with Crippen LogP contribution in [0.1, 0.15) is 38.1 Å². The van der Waals surface area contributed by atoms with Crippen LogP contribution in [-0.2, 0) is 10.0 Å². The average molecular weight is 429 g/mol. The number of hydrogen-bond donors (Lipinski definition) is 4. The molecule has 4 N–H and O–H groups in total. The van der Waals surface area contributed by atoms with Gasteiger partial charge in [-0.2, -0.15) is 0 Å². The predicted molar refractivity (Wildman–Crippen MR) is 104 cm³/mol. The van der Waals surface area contributed by atoms with Crippen LogP contribution >= 0.6 is 0 Å². The van der Waals surface area contributed by atoms with Crippen molar-refractivity contribution >= 4 is 38.4 Å². The number of carbonyl (C=O) groups is 3. The van der Waals surface area contributed by atoms with Crippen molar-refractivity contribution in [2.24, 2.45) is 0 Å². The number of aromatic nitrogens is 1. The van der Waals surface area contributed by atoms with Gasteiger partial charge in [0.05, 0.1) is 10.5 Å². The highest BCUT2D eigenvalue weighted by Gasteiger charge is 2.25. The maximum Gasteiger partial charge on any atom is 0.283 e. The number of carbonyl (C=O) groups excluding carboxylic acids is 3. The van der Waals surface area contributed by atoms with Crippen molar-refractivity contribution in [3.63, 3.8) is 0 Å². The van der Waals surface area contributed by atoms with Crippen LogP contribution in [-0.4, -0.2) is 41.3 Å². The van der Waals surface area contributed by atoms with Gasteiger partial charge in [0.25, 0.3) is 21.8 Å². The van der Waals surface area contributed by atoms with E-state index in [0.717, 1.165) is 18.3 Å². The molecule has 0 aliphatic heterocycles. The molecule has 0 atom stereocenters. The second kappa shape index (κ2) is 7.89. The average Bonchev–Trinajstić information content (AvgIpc) is 2.72. The molecule has 3 aromatic rings. The van der Waals surface area contributed by atoms with Crippen LogP contribution in [0.3, 0.4) is 0 Å². The Balaban J connectivity index is 2.07. The fourth-order valence-electron chi connectivity index (χ4n) is 2.81. The topological polar surface area (TPSA) is 163 Å². The van der Waals surface area contributed by atoms with E-state index < -0.39 is 38.2 Å². The monoisotopic (exact) mass is 429 g/mol. The van der Waals surface area contributed by atoms with Gasteiger partial charge in [0.15, 0.2) is 5.78 Å². The number of Topliss-reactive ketones (excluding diaryl/α,β-unsaturated/α-hetero) is 1. The van der Waals surface area contributed by atoms with Gasteiger partial charge >= 0.3 is 0 Å². The molecule has 2 amide bonds. The Labute approximate surface area is 170 Å². The first-order valence-electron chi connectivity index (χ1n) is 8.39. The minimum absolute atomic E-state index is 0.0988. The van der Waals surface area contributed by atoms with Crippen molar-refractivity contribution in [2.45, 2.75) is 11.8 Å². The fourth-order valence-corrected chi connectivity index (χ4v) is 4.01. The molecule has 3 rings (SSSR count). The van der Waals surface area contributed by atoms with Crippen molar-refractivity contribution in [2.75, 3.05) is 0 Å². The number of hydroxylamine groups is 1. The first-order chi connectivity index (χ1) is 14.2. The second-order valence-corrected chi connectivity index (χ2v) is 7.83. The standard InChI is InChI=1S/C19H15N3O7S/c1-10(23)14-9-16(12-4-2-3-5-13(12)17(14)24)30(28,29)22-19(26)15-8-11(6-7-20-15)18(25)21-27/h2-9,24,27H,1H3,(H,21,25)(H,22,26). The molecule has 1 aromatic heterocycles. The number of benzene rings is 2. The highest BCUT2D eigenvalue weighted by Crippen LogP contribution is 2.34. The van der Waals surface area contributed by atoms with E-state index in [9.17, 15) is 27.9 Å². The molecule has 0 spiro atoms. The molecule has 0 saturated heterocycles. The zero-order chi connectivity index (χ0) is 22.1. The number of rotatable bonds is 5. The van der Waals surface area contributed by atoms with Gasteiger partial charge < -0.3 is 5.11 Å². The zero-order valence-corrected chi connectivity index (χ0v) is 16.2. The molecule has 154 valence electrons. The lowest BCUT2D eigenvalue weighted by Crippen LogP contribution is -2.32. The molecule has 11 heteroatoms. The van der Waals surface area contributed by atoms with Crippen molar-refractivity contribution in [3.05, 3.63) is 65.5 Å². The number of hydrogen-bond acceptors (Lipinski definition) is 8. The minimum Gasteiger partial charge on any atom is -0.507 e. The van der Waals surface area contributed by atoms with E-state index in [2.05, 4.69) is 4.98 Å². The van der Waals surface area contributed by atoms with Gasteiger partial charge in [-0.3, -0.25) is 24.6 Å². The lowest BCUT2D eigenvalue weighted by atomic mass is 10.0. The van der Waals surface area contributed by atoms with Gasteiger partial charge in [-0.25, -0.2) is 18.6 Å². The molecule has 0 aliphatic rings. The van der Waals surface area contributed by atoms with Crippen LogP contribution in [0.25, 0.3) is 10.8 Å². The van der Waals surface area contributed by atoms with E-state index in [1.165, 1.54) is 36.7 Å². The largest absolute Gasteiger partial charge is 0.507 e. The summed E-state index contributed by atoms with van der Waals surface area (Å²) in [6, 6.07) is 9.14. The van der Waals surface area contributed by atoms with Crippen LogP contribution in [0.2, 0.25) is 0 Å². The fraction of sp³-hybridized carbons (Fsp3) is 0.0526. The third-order valence-electron chi connectivity index (χ3n) is 4.23. The van der Waals surface area contributed by atoms with Gasteiger partial charge in [0.1, 0.15) is 11.4 Å². The van der Waals surface area contributed by atoms with E-state index in [-0.39, 0.29) is 27.6 Å². The summed E-state index contributed by atoms with van der Waals surface area (Å²) in [6.07, 6.45) is 1.09. The summed E-state index contributed by atoms with van der Waals surface area (Å²) in [5.74, 6) is -2.98. The Morgan fingerprint density at radius 1 is 1.00 bits per heavy atom. The number of phenols is 1. The van der Waals surface area contributed by atoms with Crippen molar-refractivity contribution in [3.8, 4) is 5.75 Å². The molecule has 10 nitrogen and oxygen atoms in total. The minimum atomic E-state index is -4.50. The Morgan fingerprint density at radius 3 is 2.30 bits per heavy atom. The number of nitrogens with one attached hydrogen (secondary N) is 2. The number of pyridine rings is 1. The SMILES string of the molecule is CC(=O)c1cc(S(=O)(=O)NC(=O)c2cc(C(=O)NO)ccn2)c2ccccc2c1O. The van der Waals surface area contributed by atoms with Crippen LogP contribution in [0.4, 0.5) is 0 Å². The predicted octanol–water partition coefficient (Wildman–Crippen LogP) is 1.38. The molecule has 0 unspecified atom stereocenters. The van der Waals surface area contributed by atoms with Crippen LogP contribution in [0.5, 0.6) is 5.75 Å². The third-order valence-corrected chi connectivity index (χ3v) is 5.60. The maximum atomic E-state index is 12.9. The Bertz CT molecular complexity index is 1300. The van der Waals surface area contributed by atoms with E-state index in [0.29, 0.717) is 0 Å². The Hall–Kier alpha value is -3.83. The normalized spacial score (nSPS) is 11.1. The lowest BCUT2D eigenvalue weighted by Gasteiger charge is -2.13. The highest BCUT2D eigenvalue weighted by atomic mass is 32.2. The maximum absolute atomic E-state index is 12.9. The second-order valence-electron chi connectivity index (χ2n) is 6.18. The summed E-state index contributed by atoms with van der Waals surface area (Å²) in [5, 5.41) is 19.2. The molecular formula is C19H15N3O7S. The summed E-state index contributed by atoms with van der Waals surface area (Å²) < 4.78 is 27.7. The van der Waals surface area contributed by atoms with Crippen molar-refractivity contribution in [1.29, 1.82) is 0 Å². The molecule has 0 bridgehead atoms. The van der Waals surface area contributed by atoms with E-state index >= 15 is 0 Å². The quantitative estimate of drug-likeness (QED) is 0.268. The number of phenolic OH excluding ortho intramolecular Hbond substituents is 1. The van der Waals surface area contributed by atoms with E-state index in [1.54, 1.807) is 6.07 Å². The molecule has 1 heterocycles. The van der Waals surface area contributed by atoms with Gasteiger partial charge in [0, 0.05) is 22.5 Å². The van der Waals surface area contributed by atoms with Gasteiger partial charge in [-0.15, -0.1) is 0 Å². The van der Waals surface area contributed by atoms with E-state index in [4.69, 9.17) is 5.21 Å². The van der Waals surface area contributed by atoms with Crippen LogP contribution < -0.4 is 10.2 Å². The molecule has 0 aliphatic carbocycles. The van der Waals surface area contributed by atoms with Crippen LogP contribution in [0.15, 0.2) is 53.6 Å². The Kier molecular flexibility index (Phi) is 5.49. The molecular weight excluding hydrogens is 414 g/mol. The molecule has 2 aromatic carbocycles. The number of amides is 2. The first-order valence-corrected chi connectivity index (χ1v) is 9.87. The molecule has 0 radical (unpaired) electrons. The lowest BCUT2D eigenvalue weighted by molar-refractivity contribution is 0.0706. The summed E-state index contributed by atoms with van der Waals surface area (Å²) >= 11 is 0. The number of ketones is 1. The summed E-state index contributed by atoms with van der Waals surface area (Å²) in [7, 11) is -4.50. The van der Waals surface area contributed by atoms with E-state index in [1.807, 2.05) is 4.72 Å². The summed E-state index contributed by atoms with van der Waals surface area (Å²) in [5.41, 5.74) is 0.655. The van der Waals surface area contributed by atoms with Crippen molar-refractivity contribution < 1.29 is 33.1 Å². The van der Waals surface area contributed by atoms with Crippen molar-refractivity contribution in [1.82, 2.24) is 15.2 Å². The summed E-state index contributed by atoms with van der Waals surface area (Å²) in [6.45, 7) is 1.17.